The third-order valence-electron chi connectivity index (χ3n) is 4.83. The van der Waals surface area contributed by atoms with E-state index in [1.54, 1.807) is 0 Å². The molecule has 0 radical (unpaired) electrons. The maximum atomic E-state index is 12.8. The lowest BCUT2D eigenvalue weighted by atomic mass is 9.78. The maximum absolute atomic E-state index is 12.8. The van der Waals surface area contributed by atoms with Crippen LogP contribution in [0.5, 0.6) is 0 Å². The van der Waals surface area contributed by atoms with E-state index in [0.29, 0.717) is 11.3 Å². The topological polar surface area (TPSA) is 32.3 Å². The van der Waals surface area contributed by atoms with E-state index in [1.165, 1.54) is 0 Å². The van der Waals surface area contributed by atoms with E-state index in [4.69, 9.17) is 0 Å². The van der Waals surface area contributed by atoms with E-state index in [0.717, 1.165) is 58.3 Å². The van der Waals surface area contributed by atoms with Gasteiger partial charge in [0.1, 0.15) is 0 Å². The first-order chi connectivity index (χ1) is 8.49. The first kappa shape index (κ1) is 13.9. The van der Waals surface area contributed by atoms with E-state index in [2.05, 4.69) is 31.0 Å². The summed E-state index contributed by atoms with van der Waals surface area (Å²) in [6, 6.07) is 0. The van der Waals surface area contributed by atoms with Gasteiger partial charge in [0.25, 0.3) is 0 Å². The molecule has 0 aliphatic carbocycles. The molecule has 1 N–H and O–H groups in total. The molecular weight excluding hydrogens is 224 g/mol. The lowest BCUT2D eigenvalue weighted by Crippen LogP contribution is -2.49. The normalized spacial score (nSPS) is 31.6. The minimum Gasteiger partial charge on any atom is -0.342 e. The van der Waals surface area contributed by atoms with E-state index >= 15 is 0 Å². The third-order valence-corrected chi connectivity index (χ3v) is 4.83. The van der Waals surface area contributed by atoms with Crippen LogP contribution in [0.4, 0.5) is 0 Å². The Morgan fingerprint density at radius 1 is 1.22 bits per heavy atom. The van der Waals surface area contributed by atoms with Gasteiger partial charge >= 0.3 is 0 Å². The van der Waals surface area contributed by atoms with Gasteiger partial charge in [-0.15, -0.1) is 0 Å². The second kappa shape index (κ2) is 5.20. The highest BCUT2D eigenvalue weighted by atomic mass is 16.2. The number of hydrogen-bond donors (Lipinski definition) is 1. The summed E-state index contributed by atoms with van der Waals surface area (Å²) in [4.78, 5) is 14.9. The number of amides is 1. The highest BCUT2D eigenvalue weighted by molar-refractivity contribution is 5.83. The summed E-state index contributed by atoms with van der Waals surface area (Å²) in [5.74, 6) is 0.421. The molecule has 3 heteroatoms. The number of hydrogen-bond acceptors (Lipinski definition) is 2. The van der Waals surface area contributed by atoms with E-state index < -0.39 is 0 Å². The number of nitrogens with zero attached hydrogens (tertiary/aromatic N) is 1. The molecule has 2 aliphatic heterocycles. The fraction of sp³-hybridized carbons (Fsp3) is 0.933. The average Bonchev–Trinajstić information content (AvgIpc) is 2.78. The molecule has 0 aromatic rings. The van der Waals surface area contributed by atoms with Crippen molar-refractivity contribution in [1.82, 2.24) is 10.2 Å². The molecular formula is C15H28N2O. The van der Waals surface area contributed by atoms with Gasteiger partial charge in [0.05, 0.1) is 5.41 Å². The molecule has 0 spiro atoms. The molecule has 2 saturated heterocycles. The minimum absolute atomic E-state index is 0.0871. The van der Waals surface area contributed by atoms with Crippen molar-refractivity contribution in [3.8, 4) is 0 Å². The van der Waals surface area contributed by atoms with Crippen molar-refractivity contribution in [3.63, 3.8) is 0 Å². The van der Waals surface area contributed by atoms with Gasteiger partial charge in [0.15, 0.2) is 0 Å². The Balaban J connectivity index is 2.01. The second-order valence-electron chi connectivity index (χ2n) is 6.91. The van der Waals surface area contributed by atoms with Gasteiger partial charge in [-0.05, 0) is 37.6 Å². The molecule has 2 heterocycles. The SMILES string of the molecule is CCCC1(C(=O)N2CCC(C)(C)CC2)CCNC1. The van der Waals surface area contributed by atoms with Gasteiger partial charge in [-0.2, -0.15) is 0 Å². The zero-order chi connectivity index (χ0) is 13.2. The molecule has 0 bridgehead atoms. The van der Waals surface area contributed by atoms with Gasteiger partial charge in [-0.3, -0.25) is 4.79 Å². The Morgan fingerprint density at radius 2 is 1.89 bits per heavy atom. The van der Waals surface area contributed by atoms with E-state index in [1.807, 2.05) is 0 Å². The standard InChI is InChI=1S/C15H28N2O/c1-4-5-15(6-9-16-12-15)13(18)17-10-7-14(2,3)8-11-17/h16H,4-12H2,1-3H3. The number of carbonyl (C=O) groups excluding carboxylic acids is 1. The molecule has 2 aliphatic rings. The van der Waals surface area contributed by atoms with Crippen molar-refractivity contribution in [2.45, 2.75) is 52.9 Å². The highest BCUT2D eigenvalue weighted by Gasteiger charge is 2.43. The lowest BCUT2D eigenvalue weighted by Gasteiger charge is -2.41. The number of piperidine rings is 1. The van der Waals surface area contributed by atoms with Crippen LogP contribution in [0.2, 0.25) is 0 Å². The zero-order valence-electron chi connectivity index (χ0n) is 12.2. The van der Waals surface area contributed by atoms with Crippen LogP contribution >= 0.6 is 0 Å². The molecule has 1 amide bonds. The van der Waals surface area contributed by atoms with Crippen LogP contribution in [0.25, 0.3) is 0 Å². The smallest absolute Gasteiger partial charge is 0.230 e. The average molecular weight is 252 g/mol. The summed E-state index contributed by atoms with van der Waals surface area (Å²) in [5.41, 5.74) is 0.332. The predicted molar refractivity (Wildman–Crippen MR) is 74.4 cm³/mol. The van der Waals surface area contributed by atoms with Crippen LogP contribution < -0.4 is 5.32 Å². The molecule has 18 heavy (non-hydrogen) atoms. The summed E-state index contributed by atoms with van der Waals surface area (Å²) in [7, 11) is 0. The molecule has 0 aromatic heterocycles. The first-order valence-corrected chi connectivity index (χ1v) is 7.49. The van der Waals surface area contributed by atoms with Crippen molar-refractivity contribution in [2.24, 2.45) is 10.8 Å². The van der Waals surface area contributed by atoms with Crippen molar-refractivity contribution in [1.29, 1.82) is 0 Å². The predicted octanol–water partition coefficient (Wildman–Crippen LogP) is 2.41. The molecule has 0 saturated carbocycles. The molecule has 2 rings (SSSR count). The largest absolute Gasteiger partial charge is 0.342 e. The van der Waals surface area contributed by atoms with Crippen molar-refractivity contribution >= 4 is 5.91 Å². The Bertz CT molecular complexity index is 296. The lowest BCUT2D eigenvalue weighted by molar-refractivity contribution is -0.143. The Kier molecular flexibility index (Phi) is 4.00. The molecule has 0 aromatic carbocycles. The zero-order valence-corrected chi connectivity index (χ0v) is 12.2. The third kappa shape index (κ3) is 2.71. The van der Waals surface area contributed by atoms with Gasteiger partial charge in [-0.25, -0.2) is 0 Å². The summed E-state index contributed by atoms with van der Waals surface area (Å²) < 4.78 is 0. The minimum atomic E-state index is -0.0871. The maximum Gasteiger partial charge on any atom is 0.230 e. The fourth-order valence-electron chi connectivity index (χ4n) is 3.38. The van der Waals surface area contributed by atoms with Crippen LogP contribution in [-0.2, 0) is 4.79 Å². The molecule has 1 atom stereocenters. The fourth-order valence-corrected chi connectivity index (χ4v) is 3.38. The first-order valence-electron chi connectivity index (χ1n) is 7.49. The van der Waals surface area contributed by atoms with Gasteiger partial charge < -0.3 is 10.2 Å². The van der Waals surface area contributed by atoms with E-state index in [-0.39, 0.29) is 5.41 Å². The molecule has 104 valence electrons. The quantitative estimate of drug-likeness (QED) is 0.836. The molecule has 1 unspecified atom stereocenters. The number of likely N-dealkylation sites (tertiary alicyclic amines) is 1. The summed E-state index contributed by atoms with van der Waals surface area (Å²) in [6.45, 7) is 10.6. The van der Waals surface area contributed by atoms with E-state index in [9.17, 15) is 4.79 Å². The molecule has 3 nitrogen and oxygen atoms in total. The van der Waals surface area contributed by atoms with Crippen LogP contribution in [0.1, 0.15) is 52.9 Å². The van der Waals surface area contributed by atoms with Crippen molar-refractivity contribution < 1.29 is 4.79 Å². The van der Waals surface area contributed by atoms with Crippen LogP contribution in [0, 0.1) is 10.8 Å². The number of rotatable bonds is 3. The van der Waals surface area contributed by atoms with Gasteiger partial charge in [-0.1, -0.05) is 27.2 Å². The van der Waals surface area contributed by atoms with Crippen LogP contribution in [-0.4, -0.2) is 37.0 Å². The summed E-state index contributed by atoms with van der Waals surface area (Å²) in [6.07, 6.45) is 5.47. The molecule has 2 fully saturated rings. The number of carbonyl (C=O) groups is 1. The van der Waals surface area contributed by atoms with Gasteiger partial charge in [0, 0.05) is 19.6 Å². The Labute approximate surface area is 111 Å². The van der Waals surface area contributed by atoms with Crippen molar-refractivity contribution in [2.75, 3.05) is 26.2 Å². The van der Waals surface area contributed by atoms with Crippen LogP contribution in [0.3, 0.4) is 0 Å². The second-order valence-corrected chi connectivity index (χ2v) is 6.91. The monoisotopic (exact) mass is 252 g/mol. The number of nitrogens with one attached hydrogen (secondary N) is 1. The van der Waals surface area contributed by atoms with Gasteiger partial charge in [0.2, 0.25) is 5.91 Å². The Hall–Kier alpha value is -0.570. The highest BCUT2D eigenvalue weighted by Crippen LogP contribution is 2.36. The summed E-state index contributed by atoms with van der Waals surface area (Å²) in [5, 5.41) is 3.39. The summed E-state index contributed by atoms with van der Waals surface area (Å²) >= 11 is 0. The Morgan fingerprint density at radius 3 is 2.39 bits per heavy atom. The van der Waals surface area contributed by atoms with Crippen molar-refractivity contribution in [3.05, 3.63) is 0 Å². The van der Waals surface area contributed by atoms with Crippen LogP contribution in [0.15, 0.2) is 0 Å².